The molecule has 1 N–H and O–H groups in total. The van der Waals surface area contributed by atoms with Crippen LogP contribution in [0.4, 0.5) is 13.2 Å². The van der Waals surface area contributed by atoms with Crippen LogP contribution in [0.25, 0.3) is 10.9 Å². The number of carboxylic acids is 1. The Labute approximate surface area is 86.7 Å². The zero-order valence-corrected chi connectivity index (χ0v) is 7.63. The van der Waals surface area contributed by atoms with Gasteiger partial charge in [-0.05, 0) is 12.1 Å². The Bertz CT molecular complexity index is 559. The van der Waals surface area contributed by atoms with Crippen molar-refractivity contribution in [2.24, 2.45) is 0 Å². The van der Waals surface area contributed by atoms with Gasteiger partial charge in [-0.1, -0.05) is 0 Å². The quantitative estimate of drug-likeness (QED) is 0.791. The van der Waals surface area contributed by atoms with Gasteiger partial charge >= 0.3 is 6.18 Å². The second kappa shape index (κ2) is 3.22. The van der Waals surface area contributed by atoms with E-state index in [1.807, 2.05) is 0 Å². The molecule has 2 aromatic rings. The fourth-order valence-electron chi connectivity index (χ4n) is 1.30. The molecule has 84 valence electrons. The van der Waals surface area contributed by atoms with Crippen LogP contribution in [0.2, 0.25) is 0 Å². The van der Waals surface area contributed by atoms with Gasteiger partial charge in [0, 0.05) is 5.39 Å². The molecule has 0 aliphatic rings. The molecule has 0 radical (unpaired) electrons. The number of alkyl halides is 3. The molecule has 0 aliphatic carbocycles. The lowest BCUT2D eigenvalue weighted by atomic mass is 10.2. The van der Waals surface area contributed by atoms with Crippen molar-refractivity contribution in [2.45, 2.75) is 6.18 Å². The predicted molar refractivity (Wildman–Crippen MR) is 45.4 cm³/mol. The van der Waals surface area contributed by atoms with Crippen LogP contribution in [0.3, 0.4) is 0 Å². The van der Waals surface area contributed by atoms with Crippen molar-refractivity contribution >= 4 is 16.9 Å². The fourth-order valence-corrected chi connectivity index (χ4v) is 1.30. The van der Waals surface area contributed by atoms with Crippen molar-refractivity contribution < 1.29 is 23.1 Å². The number of aromatic amines is 1. The SMILES string of the molecule is O=C([O-])c1cc2cc(C(F)(F)F)ncc2[nH]1. The van der Waals surface area contributed by atoms with E-state index in [4.69, 9.17) is 0 Å². The van der Waals surface area contributed by atoms with Crippen LogP contribution < -0.4 is 5.11 Å². The Morgan fingerprint density at radius 1 is 1.38 bits per heavy atom. The lowest BCUT2D eigenvalue weighted by molar-refractivity contribution is -0.255. The highest BCUT2D eigenvalue weighted by Gasteiger charge is 2.32. The molecule has 0 aliphatic heterocycles. The molecule has 16 heavy (non-hydrogen) atoms. The number of nitrogens with zero attached hydrogens (tertiary/aromatic N) is 1. The van der Waals surface area contributed by atoms with E-state index in [1.165, 1.54) is 0 Å². The summed E-state index contributed by atoms with van der Waals surface area (Å²) in [6.07, 6.45) is -3.61. The number of rotatable bonds is 1. The number of nitrogens with one attached hydrogen (secondary N) is 1. The van der Waals surface area contributed by atoms with E-state index in [9.17, 15) is 23.1 Å². The maximum Gasteiger partial charge on any atom is 0.433 e. The summed E-state index contributed by atoms with van der Waals surface area (Å²) in [4.78, 5) is 16.0. The molecule has 0 saturated heterocycles. The number of aromatic nitrogens is 2. The molecule has 2 rings (SSSR count). The molecule has 7 heteroatoms. The molecular formula is C9H4F3N2O2-. The van der Waals surface area contributed by atoms with Gasteiger partial charge in [-0.15, -0.1) is 0 Å². The largest absolute Gasteiger partial charge is 0.543 e. The van der Waals surface area contributed by atoms with E-state index in [1.54, 1.807) is 0 Å². The van der Waals surface area contributed by atoms with Crippen LogP contribution in [-0.4, -0.2) is 15.9 Å². The summed E-state index contributed by atoms with van der Waals surface area (Å²) >= 11 is 0. The summed E-state index contributed by atoms with van der Waals surface area (Å²) in [6.45, 7) is 0. The summed E-state index contributed by atoms with van der Waals surface area (Å²) in [5.74, 6) is -1.48. The molecule has 0 bridgehead atoms. The van der Waals surface area contributed by atoms with Gasteiger partial charge in [-0.3, -0.25) is 0 Å². The van der Waals surface area contributed by atoms with E-state index in [0.717, 1.165) is 18.3 Å². The molecule has 0 aromatic carbocycles. The molecule has 0 spiro atoms. The minimum Gasteiger partial charge on any atom is -0.543 e. The first kappa shape index (κ1) is 10.5. The third kappa shape index (κ3) is 1.71. The van der Waals surface area contributed by atoms with Gasteiger partial charge in [0.1, 0.15) is 5.69 Å². The first-order chi connectivity index (χ1) is 7.38. The number of carbonyl (C=O) groups excluding carboxylic acids is 1. The number of hydrogen-bond donors (Lipinski definition) is 1. The van der Waals surface area contributed by atoms with Crippen molar-refractivity contribution in [1.29, 1.82) is 0 Å². The molecule has 0 amide bonds. The van der Waals surface area contributed by atoms with Gasteiger partial charge in [0.15, 0.2) is 0 Å². The number of hydrogen-bond acceptors (Lipinski definition) is 3. The summed E-state index contributed by atoms with van der Waals surface area (Å²) in [5, 5.41) is 10.6. The van der Waals surface area contributed by atoms with Crippen LogP contribution in [-0.2, 0) is 6.18 Å². The highest BCUT2D eigenvalue weighted by Crippen LogP contribution is 2.29. The summed E-state index contributed by atoms with van der Waals surface area (Å²) in [7, 11) is 0. The van der Waals surface area contributed by atoms with Crippen molar-refractivity contribution in [1.82, 2.24) is 9.97 Å². The fraction of sp³-hybridized carbons (Fsp3) is 0.111. The van der Waals surface area contributed by atoms with E-state index in [0.29, 0.717) is 0 Å². The lowest BCUT2D eigenvalue weighted by Crippen LogP contribution is -2.22. The number of aromatic carboxylic acids is 1. The van der Waals surface area contributed by atoms with Gasteiger partial charge in [-0.2, -0.15) is 13.2 Å². The molecule has 0 fully saturated rings. The van der Waals surface area contributed by atoms with Gasteiger partial charge in [0.2, 0.25) is 0 Å². The third-order valence-electron chi connectivity index (χ3n) is 2.02. The number of H-pyrrole nitrogens is 1. The van der Waals surface area contributed by atoms with Crippen LogP contribution >= 0.6 is 0 Å². The van der Waals surface area contributed by atoms with Crippen LogP contribution in [0.5, 0.6) is 0 Å². The summed E-state index contributed by atoms with van der Waals surface area (Å²) in [5.41, 5.74) is -1.13. The zero-order valence-electron chi connectivity index (χ0n) is 7.63. The smallest absolute Gasteiger partial charge is 0.433 e. The Morgan fingerprint density at radius 3 is 2.62 bits per heavy atom. The lowest BCUT2D eigenvalue weighted by Gasteiger charge is -2.04. The molecule has 2 aromatic heterocycles. The third-order valence-corrected chi connectivity index (χ3v) is 2.02. The number of carbonyl (C=O) groups is 1. The normalized spacial score (nSPS) is 11.9. The van der Waals surface area contributed by atoms with E-state index >= 15 is 0 Å². The van der Waals surface area contributed by atoms with Crippen LogP contribution in [0, 0.1) is 0 Å². The monoisotopic (exact) mass is 229 g/mol. The molecule has 0 saturated carbocycles. The first-order valence-electron chi connectivity index (χ1n) is 4.15. The van der Waals surface area contributed by atoms with Crippen LogP contribution in [0.15, 0.2) is 18.3 Å². The summed E-state index contributed by atoms with van der Waals surface area (Å²) in [6, 6.07) is 1.85. The Morgan fingerprint density at radius 2 is 2.06 bits per heavy atom. The second-order valence-electron chi connectivity index (χ2n) is 3.13. The minimum absolute atomic E-state index is 0.126. The molecule has 0 unspecified atom stereocenters. The molecule has 2 heterocycles. The topological polar surface area (TPSA) is 68.8 Å². The minimum atomic E-state index is -4.55. The summed E-state index contributed by atoms with van der Waals surface area (Å²) < 4.78 is 36.8. The highest BCUT2D eigenvalue weighted by molar-refractivity contribution is 5.92. The van der Waals surface area contributed by atoms with Crippen LogP contribution in [0.1, 0.15) is 16.2 Å². The molecule has 0 atom stereocenters. The van der Waals surface area contributed by atoms with Gasteiger partial charge in [-0.25, -0.2) is 4.98 Å². The van der Waals surface area contributed by atoms with Crippen molar-refractivity contribution in [3.63, 3.8) is 0 Å². The maximum atomic E-state index is 12.3. The average Bonchev–Trinajstić information content (AvgIpc) is 2.58. The van der Waals surface area contributed by atoms with Gasteiger partial charge in [0.05, 0.1) is 23.4 Å². The molecule has 4 nitrogen and oxygen atoms in total. The van der Waals surface area contributed by atoms with Crippen molar-refractivity contribution in [2.75, 3.05) is 0 Å². The first-order valence-corrected chi connectivity index (χ1v) is 4.15. The Balaban J connectivity index is 2.58. The molecular weight excluding hydrogens is 225 g/mol. The van der Waals surface area contributed by atoms with E-state index < -0.39 is 17.8 Å². The van der Waals surface area contributed by atoms with Gasteiger partial charge < -0.3 is 14.9 Å². The van der Waals surface area contributed by atoms with E-state index in [2.05, 4.69) is 9.97 Å². The Kier molecular flexibility index (Phi) is 2.11. The van der Waals surface area contributed by atoms with Gasteiger partial charge in [0.25, 0.3) is 0 Å². The number of fused-ring (bicyclic) bond motifs is 1. The number of carboxylic acid groups (broad SMARTS) is 1. The number of halogens is 3. The maximum absolute atomic E-state index is 12.3. The second-order valence-corrected chi connectivity index (χ2v) is 3.13. The van der Waals surface area contributed by atoms with Crippen molar-refractivity contribution in [3.8, 4) is 0 Å². The van der Waals surface area contributed by atoms with E-state index in [-0.39, 0.29) is 16.6 Å². The Hall–Kier alpha value is -2.05. The predicted octanol–water partition coefficient (Wildman–Crippen LogP) is 0.945. The number of pyridine rings is 1. The van der Waals surface area contributed by atoms with Crippen molar-refractivity contribution in [3.05, 3.63) is 29.7 Å². The average molecular weight is 229 g/mol. The highest BCUT2D eigenvalue weighted by atomic mass is 19.4. The zero-order chi connectivity index (χ0) is 11.9. The standard InChI is InChI=1S/C9H5F3N2O2/c10-9(11,12)7-2-4-1-5(8(15)16)14-6(4)3-13-7/h1-3,14H,(H,15,16)/p-1.